The van der Waals surface area contributed by atoms with Gasteiger partial charge in [0.05, 0.1) is 24.7 Å². The SMILES string of the molecule is CC(C)C[C@H](C(=O)NCCCCNC(=N)N)C(NO)[C@@H]1CO1. The van der Waals surface area contributed by atoms with E-state index in [0.717, 1.165) is 12.8 Å². The maximum Gasteiger partial charge on any atom is 0.224 e. The van der Waals surface area contributed by atoms with E-state index in [0.29, 0.717) is 32.0 Å². The number of ether oxygens (including phenoxy) is 1. The van der Waals surface area contributed by atoms with Gasteiger partial charge in [0.25, 0.3) is 0 Å². The van der Waals surface area contributed by atoms with Crippen LogP contribution in [0.15, 0.2) is 0 Å². The van der Waals surface area contributed by atoms with E-state index in [9.17, 15) is 10.0 Å². The van der Waals surface area contributed by atoms with Gasteiger partial charge in [-0.1, -0.05) is 13.8 Å². The highest BCUT2D eigenvalue weighted by molar-refractivity contribution is 5.79. The average Bonchev–Trinajstić information content (AvgIpc) is 3.26. The van der Waals surface area contributed by atoms with Crippen LogP contribution in [0.2, 0.25) is 0 Å². The lowest BCUT2D eigenvalue weighted by Crippen LogP contribution is -2.47. The van der Waals surface area contributed by atoms with Crippen molar-refractivity contribution in [3.8, 4) is 0 Å². The maximum atomic E-state index is 12.4. The van der Waals surface area contributed by atoms with Crippen LogP contribution in [-0.2, 0) is 9.53 Å². The van der Waals surface area contributed by atoms with Gasteiger partial charge < -0.3 is 26.3 Å². The molecule has 0 radical (unpaired) electrons. The first-order valence-electron chi connectivity index (χ1n) is 7.82. The third kappa shape index (κ3) is 7.06. The number of nitrogens with one attached hydrogen (secondary N) is 4. The molecule has 1 aliphatic heterocycles. The Kier molecular flexibility index (Phi) is 8.15. The highest BCUT2D eigenvalue weighted by Gasteiger charge is 2.41. The number of guanidine groups is 1. The molecule has 8 heteroatoms. The predicted molar refractivity (Wildman–Crippen MR) is 83.6 cm³/mol. The molecule has 1 heterocycles. The second kappa shape index (κ2) is 9.60. The summed E-state index contributed by atoms with van der Waals surface area (Å²) in [5.41, 5.74) is 7.42. The topological polar surface area (TPSA) is 136 Å². The summed E-state index contributed by atoms with van der Waals surface area (Å²) in [4.78, 5) is 12.4. The number of carbonyl (C=O) groups is 1. The number of hydroxylamine groups is 1. The predicted octanol–water partition coefficient (Wildman–Crippen LogP) is -0.226. The third-order valence-electron chi connectivity index (χ3n) is 3.62. The summed E-state index contributed by atoms with van der Waals surface area (Å²) in [6, 6.07) is -0.359. The first kappa shape index (κ1) is 18.7. The van der Waals surface area contributed by atoms with Crippen LogP contribution in [0.25, 0.3) is 0 Å². The van der Waals surface area contributed by atoms with Gasteiger partial charge in [0.1, 0.15) is 0 Å². The quantitative estimate of drug-likeness (QED) is 0.102. The van der Waals surface area contributed by atoms with Crippen molar-refractivity contribution in [2.75, 3.05) is 19.7 Å². The van der Waals surface area contributed by atoms with Crippen molar-refractivity contribution in [2.45, 2.75) is 45.3 Å². The van der Waals surface area contributed by atoms with E-state index in [1.807, 2.05) is 0 Å². The zero-order valence-electron chi connectivity index (χ0n) is 13.4. The summed E-state index contributed by atoms with van der Waals surface area (Å²) in [6.45, 7) is 5.87. The summed E-state index contributed by atoms with van der Waals surface area (Å²) in [6.07, 6.45) is 2.23. The fourth-order valence-corrected chi connectivity index (χ4v) is 2.44. The highest BCUT2D eigenvalue weighted by Crippen LogP contribution is 2.25. The number of hydrogen-bond donors (Lipinski definition) is 6. The Morgan fingerprint density at radius 1 is 1.36 bits per heavy atom. The van der Waals surface area contributed by atoms with Gasteiger partial charge in [-0.05, 0) is 25.2 Å². The second-order valence-electron chi connectivity index (χ2n) is 6.10. The zero-order valence-corrected chi connectivity index (χ0v) is 13.4. The summed E-state index contributed by atoms with van der Waals surface area (Å²) in [5, 5.41) is 22.0. The minimum absolute atomic E-state index is 0.0395. The number of carbonyl (C=O) groups excluding carboxylic acids is 1. The van der Waals surface area contributed by atoms with E-state index < -0.39 is 0 Å². The molecule has 8 nitrogen and oxygen atoms in total. The van der Waals surface area contributed by atoms with Gasteiger partial charge in [-0.3, -0.25) is 10.2 Å². The molecule has 7 N–H and O–H groups in total. The van der Waals surface area contributed by atoms with Crippen molar-refractivity contribution < 1.29 is 14.7 Å². The number of epoxide rings is 1. The van der Waals surface area contributed by atoms with Gasteiger partial charge in [-0.25, -0.2) is 0 Å². The van der Waals surface area contributed by atoms with E-state index in [1.165, 1.54) is 0 Å². The molecule has 1 unspecified atom stereocenters. The van der Waals surface area contributed by atoms with E-state index >= 15 is 0 Å². The second-order valence-corrected chi connectivity index (χ2v) is 6.10. The van der Waals surface area contributed by atoms with E-state index in [2.05, 4.69) is 30.0 Å². The van der Waals surface area contributed by atoms with Gasteiger partial charge in [0, 0.05) is 13.1 Å². The Bertz CT molecular complexity index is 360. The summed E-state index contributed by atoms with van der Waals surface area (Å²) >= 11 is 0. The van der Waals surface area contributed by atoms with Crippen LogP contribution < -0.4 is 21.8 Å². The molecule has 128 valence electrons. The number of amides is 1. The molecule has 0 aromatic carbocycles. The van der Waals surface area contributed by atoms with Crippen LogP contribution in [-0.4, -0.2) is 48.9 Å². The lowest BCUT2D eigenvalue weighted by atomic mass is 9.88. The third-order valence-corrected chi connectivity index (χ3v) is 3.62. The Balaban J connectivity index is 2.34. The van der Waals surface area contributed by atoms with Gasteiger partial charge in [0.15, 0.2) is 5.96 Å². The standard InChI is InChI=1S/C14H29N5O3/c1-9(2)7-10(12(19-21)11-8-22-11)13(20)17-5-3-4-6-18-14(15)16/h9-12,19,21H,3-8H2,1-2H3,(H,17,20)(H4,15,16,18)/t10-,11-,12?/m0/s1. The van der Waals surface area contributed by atoms with Crippen molar-refractivity contribution in [3.63, 3.8) is 0 Å². The van der Waals surface area contributed by atoms with E-state index in [1.54, 1.807) is 0 Å². The Labute approximate surface area is 131 Å². The van der Waals surface area contributed by atoms with Gasteiger partial charge in [0.2, 0.25) is 5.91 Å². The monoisotopic (exact) mass is 315 g/mol. The molecule has 0 bridgehead atoms. The van der Waals surface area contributed by atoms with E-state index in [4.69, 9.17) is 15.9 Å². The van der Waals surface area contributed by atoms with Crippen molar-refractivity contribution in [2.24, 2.45) is 17.6 Å². The molecule has 1 fully saturated rings. The molecule has 1 aliphatic rings. The molecule has 1 rings (SSSR count). The average molecular weight is 315 g/mol. The Morgan fingerprint density at radius 2 is 1.95 bits per heavy atom. The van der Waals surface area contributed by atoms with Gasteiger partial charge >= 0.3 is 0 Å². The number of hydrogen-bond acceptors (Lipinski definition) is 5. The first-order valence-corrected chi connectivity index (χ1v) is 7.82. The number of rotatable bonds is 11. The number of unbranched alkanes of at least 4 members (excludes halogenated alkanes) is 1. The largest absolute Gasteiger partial charge is 0.371 e. The molecule has 0 aromatic heterocycles. The van der Waals surface area contributed by atoms with Crippen LogP contribution in [0.3, 0.4) is 0 Å². The molecule has 0 aromatic rings. The highest BCUT2D eigenvalue weighted by atomic mass is 16.6. The van der Waals surface area contributed by atoms with Gasteiger partial charge in [-0.2, -0.15) is 5.48 Å². The van der Waals surface area contributed by atoms with Crippen LogP contribution in [0.4, 0.5) is 0 Å². The molecule has 0 aliphatic carbocycles. The van der Waals surface area contributed by atoms with Crippen LogP contribution in [0, 0.1) is 17.2 Å². The maximum absolute atomic E-state index is 12.4. The molecule has 1 amide bonds. The van der Waals surface area contributed by atoms with Crippen molar-refractivity contribution in [1.82, 2.24) is 16.1 Å². The van der Waals surface area contributed by atoms with E-state index in [-0.39, 0.29) is 29.9 Å². The fraction of sp³-hybridized carbons (Fsp3) is 0.857. The zero-order chi connectivity index (χ0) is 16.5. The minimum Gasteiger partial charge on any atom is -0.371 e. The van der Waals surface area contributed by atoms with Crippen LogP contribution in [0.1, 0.15) is 33.1 Å². The molecule has 1 saturated heterocycles. The number of nitrogens with two attached hydrogens (primary N) is 1. The lowest BCUT2D eigenvalue weighted by Gasteiger charge is -2.25. The first-order chi connectivity index (χ1) is 10.5. The molecule has 0 saturated carbocycles. The van der Waals surface area contributed by atoms with Gasteiger partial charge in [-0.15, -0.1) is 0 Å². The molecular weight excluding hydrogens is 286 g/mol. The Morgan fingerprint density at radius 3 is 2.41 bits per heavy atom. The summed E-state index contributed by atoms with van der Waals surface area (Å²) < 4.78 is 5.21. The molecular formula is C14H29N5O3. The van der Waals surface area contributed by atoms with Crippen LogP contribution in [0.5, 0.6) is 0 Å². The fourth-order valence-electron chi connectivity index (χ4n) is 2.44. The molecule has 22 heavy (non-hydrogen) atoms. The Hall–Kier alpha value is -1.38. The smallest absolute Gasteiger partial charge is 0.224 e. The lowest BCUT2D eigenvalue weighted by molar-refractivity contribution is -0.128. The van der Waals surface area contributed by atoms with Crippen molar-refractivity contribution >= 4 is 11.9 Å². The molecule has 3 atom stereocenters. The van der Waals surface area contributed by atoms with Crippen molar-refractivity contribution in [3.05, 3.63) is 0 Å². The van der Waals surface area contributed by atoms with Crippen molar-refractivity contribution in [1.29, 1.82) is 5.41 Å². The summed E-state index contributed by atoms with van der Waals surface area (Å²) in [5.74, 6) is -0.0597. The minimum atomic E-state index is -0.359. The summed E-state index contributed by atoms with van der Waals surface area (Å²) in [7, 11) is 0. The van der Waals surface area contributed by atoms with Crippen LogP contribution >= 0.6 is 0 Å². The normalized spacial score (nSPS) is 19.5. The molecule has 0 spiro atoms.